The van der Waals surface area contributed by atoms with Crippen LogP contribution in [0.5, 0.6) is 0 Å². The lowest BCUT2D eigenvalue weighted by atomic mass is 9.97. The third-order valence-corrected chi connectivity index (χ3v) is 3.74. The standard InChI is InChI=1S/C13H24N2O4/c1-10(9-19-3)14(2)8-12(16)15-6-4-11(5-7-15)13(17)18/h10-11H,4-9H2,1-3H3,(H,17,18). The third kappa shape index (κ3) is 4.80. The van der Waals surface area contributed by atoms with Gasteiger partial charge in [-0.05, 0) is 26.8 Å². The highest BCUT2D eigenvalue weighted by Crippen LogP contribution is 2.17. The quantitative estimate of drug-likeness (QED) is 0.752. The van der Waals surface area contributed by atoms with Crippen LogP contribution >= 0.6 is 0 Å². The van der Waals surface area contributed by atoms with E-state index in [1.807, 2.05) is 18.9 Å². The largest absolute Gasteiger partial charge is 0.481 e. The van der Waals surface area contributed by atoms with E-state index < -0.39 is 5.97 Å². The Morgan fingerprint density at radius 3 is 2.47 bits per heavy atom. The number of carbonyl (C=O) groups is 2. The SMILES string of the molecule is COCC(C)N(C)CC(=O)N1CCC(C(=O)O)CC1. The Morgan fingerprint density at radius 2 is 2.00 bits per heavy atom. The van der Waals surface area contributed by atoms with Crippen molar-refractivity contribution in [3.05, 3.63) is 0 Å². The summed E-state index contributed by atoms with van der Waals surface area (Å²) in [6.07, 6.45) is 1.11. The summed E-state index contributed by atoms with van der Waals surface area (Å²) in [5.41, 5.74) is 0. The first-order valence-corrected chi connectivity index (χ1v) is 6.65. The van der Waals surface area contributed by atoms with Crippen LogP contribution in [0.15, 0.2) is 0 Å². The highest BCUT2D eigenvalue weighted by Gasteiger charge is 2.27. The number of likely N-dealkylation sites (tertiary alicyclic amines) is 1. The molecule has 0 radical (unpaired) electrons. The molecule has 0 bridgehead atoms. The lowest BCUT2D eigenvalue weighted by Gasteiger charge is -2.32. The van der Waals surface area contributed by atoms with E-state index >= 15 is 0 Å². The van der Waals surface area contributed by atoms with Crippen LogP contribution in [-0.4, -0.2) is 73.2 Å². The lowest BCUT2D eigenvalue weighted by molar-refractivity contribution is -0.146. The molecule has 1 aliphatic rings. The van der Waals surface area contributed by atoms with Crippen molar-refractivity contribution >= 4 is 11.9 Å². The number of amides is 1. The molecule has 19 heavy (non-hydrogen) atoms. The van der Waals surface area contributed by atoms with Gasteiger partial charge in [0.2, 0.25) is 5.91 Å². The zero-order chi connectivity index (χ0) is 14.4. The molecular formula is C13H24N2O4. The number of aliphatic carboxylic acids is 1. The Morgan fingerprint density at radius 1 is 1.42 bits per heavy atom. The molecule has 1 rings (SSSR count). The summed E-state index contributed by atoms with van der Waals surface area (Å²) >= 11 is 0. The van der Waals surface area contributed by atoms with Gasteiger partial charge in [-0.25, -0.2) is 0 Å². The van der Waals surface area contributed by atoms with Crippen LogP contribution in [0.4, 0.5) is 0 Å². The summed E-state index contributed by atoms with van der Waals surface area (Å²) in [6.45, 7) is 4.03. The van der Waals surface area contributed by atoms with Crippen LogP contribution in [0.3, 0.4) is 0 Å². The van der Waals surface area contributed by atoms with Crippen molar-refractivity contribution in [2.24, 2.45) is 5.92 Å². The van der Waals surface area contributed by atoms with E-state index in [2.05, 4.69) is 0 Å². The second-order valence-electron chi connectivity index (χ2n) is 5.21. The number of likely N-dealkylation sites (N-methyl/N-ethyl adjacent to an activating group) is 1. The highest BCUT2D eigenvalue weighted by molar-refractivity contribution is 5.79. The molecule has 0 aliphatic carbocycles. The van der Waals surface area contributed by atoms with Gasteiger partial charge in [0.15, 0.2) is 0 Å². The van der Waals surface area contributed by atoms with Gasteiger partial charge >= 0.3 is 5.97 Å². The summed E-state index contributed by atoms with van der Waals surface area (Å²) in [4.78, 5) is 26.6. The third-order valence-electron chi connectivity index (χ3n) is 3.74. The van der Waals surface area contributed by atoms with Crippen molar-refractivity contribution in [3.63, 3.8) is 0 Å². The molecule has 0 aromatic heterocycles. The number of hydrogen-bond acceptors (Lipinski definition) is 4. The number of rotatable bonds is 6. The average Bonchev–Trinajstić information content (AvgIpc) is 2.38. The summed E-state index contributed by atoms with van der Waals surface area (Å²) in [5, 5.41) is 8.91. The predicted octanol–water partition coefficient (Wildman–Crippen LogP) is 0.276. The highest BCUT2D eigenvalue weighted by atomic mass is 16.5. The van der Waals surface area contributed by atoms with Gasteiger partial charge in [-0.1, -0.05) is 0 Å². The van der Waals surface area contributed by atoms with Crippen molar-refractivity contribution < 1.29 is 19.4 Å². The minimum atomic E-state index is -0.752. The fourth-order valence-corrected chi connectivity index (χ4v) is 2.21. The van der Waals surface area contributed by atoms with Gasteiger partial charge in [-0.2, -0.15) is 0 Å². The summed E-state index contributed by atoms with van der Waals surface area (Å²) in [6, 6.07) is 0.186. The number of carboxylic acid groups (broad SMARTS) is 1. The molecule has 110 valence electrons. The maximum absolute atomic E-state index is 12.1. The molecule has 0 aromatic carbocycles. The Labute approximate surface area is 114 Å². The number of carboxylic acids is 1. The Kier molecular flexibility index (Phi) is 6.24. The van der Waals surface area contributed by atoms with Gasteiger partial charge in [0.25, 0.3) is 0 Å². The number of methoxy groups -OCH3 is 1. The van der Waals surface area contributed by atoms with Crippen molar-refractivity contribution in [2.75, 3.05) is 40.4 Å². The molecule has 1 fully saturated rings. The zero-order valence-corrected chi connectivity index (χ0v) is 12.0. The maximum Gasteiger partial charge on any atom is 0.306 e. The van der Waals surface area contributed by atoms with Gasteiger partial charge in [0.05, 0.1) is 19.1 Å². The Bertz CT molecular complexity index is 314. The van der Waals surface area contributed by atoms with E-state index in [0.717, 1.165) is 0 Å². The van der Waals surface area contributed by atoms with Crippen LogP contribution in [0, 0.1) is 5.92 Å². The smallest absolute Gasteiger partial charge is 0.306 e. The normalized spacial score (nSPS) is 18.6. The van der Waals surface area contributed by atoms with E-state index in [9.17, 15) is 9.59 Å². The average molecular weight is 272 g/mol. The number of hydrogen-bond donors (Lipinski definition) is 1. The molecule has 1 saturated heterocycles. The minimum Gasteiger partial charge on any atom is -0.481 e. The van der Waals surface area contributed by atoms with E-state index in [1.165, 1.54) is 0 Å². The molecule has 1 N–H and O–H groups in total. The Balaban J connectivity index is 2.37. The second-order valence-corrected chi connectivity index (χ2v) is 5.21. The fourth-order valence-electron chi connectivity index (χ4n) is 2.21. The maximum atomic E-state index is 12.1. The first kappa shape index (κ1) is 15.9. The summed E-state index contributed by atoms with van der Waals surface area (Å²) in [7, 11) is 3.54. The zero-order valence-electron chi connectivity index (χ0n) is 12.0. The van der Waals surface area contributed by atoms with E-state index in [4.69, 9.17) is 9.84 Å². The van der Waals surface area contributed by atoms with Gasteiger partial charge in [0, 0.05) is 26.2 Å². The van der Waals surface area contributed by atoms with E-state index in [-0.39, 0.29) is 17.9 Å². The first-order valence-electron chi connectivity index (χ1n) is 6.65. The molecule has 0 saturated carbocycles. The molecule has 1 atom stereocenters. The van der Waals surface area contributed by atoms with Crippen LogP contribution in [0.1, 0.15) is 19.8 Å². The minimum absolute atomic E-state index is 0.0642. The van der Waals surface area contributed by atoms with Crippen molar-refractivity contribution in [1.82, 2.24) is 9.80 Å². The topological polar surface area (TPSA) is 70.1 Å². The van der Waals surface area contributed by atoms with Gasteiger partial charge in [-0.15, -0.1) is 0 Å². The fraction of sp³-hybridized carbons (Fsp3) is 0.846. The van der Waals surface area contributed by atoms with E-state index in [0.29, 0.717) is 39.1 Å². The monoisotopic (exact) mass is 272 g/mol. The molecule has 6 nitrogen and oxygen atoms in total. The molecular weight excluding hydrogens is 248 g/mol. The molecule has 0 spiro atoms. The second kappa shape index (κ2) is 7.45. The molecule has 0 aromatic rings. The summed E-state index contributed by atoms with van der Waals surface area (Å²) in [5.74, 6) is -0.985. The van der Waals surface area contributed by atoms with Crippen LogP contribution in [-0.2, 0) is 14.3 Å². The van der Waals surface area contributed by atoms with Crippen molar-refractivity contribution in [2.45, 2.75) is 25.8 Å². The van der Waals surface area contributed by atoms with Gasteiger partial charge in [0.1, 0.15) is 0 Å². The number of ether oxygens (including phenoxy) is 1. The molecule has 1 heterocycles. The Hall–Kier alpha value is -1.14. The van der Waals surface area contributed by atoms with Gasteiger partial charge in [-0.3, -0.25) is 14.5 Å². The number of piperidine rings is 1. The molecule has 1 unspecified atom stereocenters. The van der Waals surface area contributed by atoms with Crippen LogP contribution in [0.2, 0.25) is 0 Å². The molecule has 1 aliphatic heterocycles. The summed E-state index contributed by atoms with van der Waals surface area (Å²) < 4.78 is 5.06. The lowest BCUT2D eigenvalue weighted by Crippen LogP contribution is -2.46. The predicted molar refractivity (Wildman–Crippen MR) is 70.9 cm³/mol. The van der Waals surface area contributed by atoms with Crippen LogP contribution in [0.25, 0.3) is 0 Å². The molecule has 1 amide bonds. The number of carbonyl (C=O) groups excluding carboxylic acids is 1. The van der Waals surface area contributed by atoms with Gasteiger partial charge < -0.3 is 14.7 Å². The first-order chi connectivity index (χ1) is 8.95. The van der Waals surface area contributed by atoms with Crippen molar-refractivity contribution in [3.8, 4) is 0 Å². The van der Waals surface area contributed by atoms with Crippen molar-refractivity contribution in [1.29, 1.82) is 0 Å². The molecule has 6 heteroatoms. The number of nitrogens with zero attached hydrogens (tertiary/aromatic N) is 2. The van der Waals surface area contributed by atoms with E-state index in [1.54, 1.807) is 12.0 Å². The van der Waals surface area contributed by atoms with Crippen LogP contribution < -0.4 is 0 Å².